The van der Waals surface area contributed by atoms with Crippen LogP contribution in [0.2, 0.25) is 5.02 Å². The Labute approximate surface area is 175 Å². The Hall–Kier alpha value is -2.69. The van der Waals surface area contributed by atoms with Crippen molar-refractivity contribution in [1.82, 2.24) is 0 Å². The van der Waals surface area contributed by atoms with E-state index >= 15 is 0 Å². The van der Waals surface area contributed by atoms with Crippen molar-refractivity contribution < 1.29 is 9.67 Å². The van der Waals surface area contributed by atoms with E-state index in [-0.39, 0.29) is 5.76 Å². The maximum atomic E-state index is 13.3. The number of thiocarbonyl (C=S) groups is 1. The average Bonchev–Trinajstić information content (AvgIpc) is 2.65. The fourth-order valence-corrected chi connectivity index (χ4v) is 3.42. The smallest absolute Gasteiger partial charge is 0.238 e. The first kappa shape index (κ1) is 20.1. The summed E-state index contributed by atoms with van der Waals surface area (Å²) in [5.74, 6) is -0.170. The van der Waals surface area contributed by atoms with E-state index in [0.717, 1.165) is 22.4 Å². The van der Waals surface area contributed by atoms with Crippen LogP contribution >= 0.6 is 23.8 Å². The van der Waals surface area contributed by atoms with Crippen molar-refractivity contribution in [3.63, 3.8) is 0 Å². The molecule has 0 radical (unpaired) electrons. The third kappa shape index (κ3) is 4.41. The van der Waals surface area contributed by atoms with Crippen molar-refractivity contribution >= 4 is 46.0 Å². The lowest BCUT2D eigenvalue weighted by atomic mass is 10.1. The molecule has 0 fully saturated rings. The van der Waals surface area contributed by atoms with Gasteiger partial charge in [0.1, 0.15) is 0 Å². The van der Waals surface area contributed by atoms with Crippen molar-refractivity contribution in [2.24, 2.45) is 0 Å². The fourth-order valence-electron chi connectivity index (χ4n) is 2.99. The Morgan fingerprint density at radius 1 is 0.964 bits per heavy atom. The first-order chi connectivity index (χ1) is 13.4. The van der Waals surface area contributed by atoms with E-state index in [0.29, 0.717) is 21.3 Å². The van der Waals surface area contributed by atoms with Crippen LogP contribution in [0, 0.1) is 20.8 Å². The number of nitrogens with one attached hydrogen (secondary N) is 1. The number of pyridine rings is 1. The van der Waals surface area contributed by atoms with Crippen LogP contribution in [0.1, 0.15) is 22.3 Å². The minimum absolute atomic E-state index is 0.170. The van der Waals surface area contributed by atoms with Gasteiger partial charge in [-0.2, -0.15) is 4.57 Å². The fraction of sp³-hybridized carbons (Fsp3) is 0.130. The first-order valence-corrected chi connectivity index (χ1v) is 9.68. The number of nitrogens with zero attached hydrogens (tertiary/aromatic N) is 1. The van der Waals surface area contributed by atoms with Crippen LogP contribution in [-0.2, 0) is 0 Å². The van der Waals surface area contributed by atoms with Gasteiger partial charge in [-0.1, -0.05) is 54.2 Å². The second-order valence-electron chi connectivity index (χ2n) is 6.69. The van der Waals surface area contributed by atoms with Crippen LogP contribution in [0.5, 0.6) is 0 Å². The molecular weight excluding hydrogens is 388 g/mol. The topological polar surface area (TPSA) is 39.0 Å². The highest BCUT2D eigenvalue weighted by Gasteiger charge is 2.20. The molecule has 3 rings (SSSR count). The summed E-state index contributed by atoms with van der Waals surface area (Å²) in [5, 5.41) is 17.2. The van der Waals surface area contributed by atoms with E-state index in [1.165, 1.54) is 0 Å². The van der Waals surface area contributed by atoms with E-state index in [2.05, 4.69) is 5.32 Å². The number of halogens is 1. The van der Waals surface area contributed by atoms with E-state index < -0.39 is 0 Å². The summed E-state index contributed by atoms with van der Waals surface area (Å²) in [6, 6.07) is 16.7. The van der Waals surface area contributed by atoms with Gasteiger partial charge in [0.25, 0.3) is 0 Å². The molecule has 0 saturated heterocycles. The molecule has 3 aromatic rings. The molecule has 0 bridgehead atoms. The van der Waals surface area contributed by atoms with Crippen LogP contribution in [0.25, 0.3) is 11.5 Å². The van der Waals surface area contributed by atoms with Gasteiger partial charge < -0.3 is 10.4 Å². The number of rotatable bonds is 4. The summed E-state index contributed by atoms with van der Waals surface area (Å²) >= 11 is 11.7. The van der Waals surface area contributed by atoms with E-state index in [4.69, 9.17) is 23.8 Å². The van der Waals surface area contributed by atoms with Gasteiger partial charge in [-0.25, -0.2) is 0 Å². The predicted octanol–water partition coefficient (Wildman–Crippen LogP) is 4.68. The van der Waals surface area contributed by atoms with Gasteiger partial charge in [-0.15, -0.1) is 0 Å². The van der Waals surface area contributed by atoms with Crippen molar-refractivity contribution in [1.29, 1.82) is 0 Å². The molecule has 0 atom stereocenters. The Morgan fingerprint density at radius 3 is 2.21 bits per heavy atom. The Bertz CT molecular complexity index is 1040. The summed E-state index contributed by atoms with van der Waals surface area (Å²) in [6.45, 7) is 6.00. The second-order valence-corrected chi connectivity index (χ2v) is 7.54. The van der Waals surface area contributed by atoms with Gasteiger partial charge in [0.05, 0.1) is 0 Å². The molecule has 2 aromatic carbocycles. The van der Waals surface area contributed by atoms with Crippen LogP contribution in [-0.4, -0.2) is 4.99 Å². The zero-order valence-electron chi connectivity index (χ0n) is 16.0. The Kier molecular flexibility index (Phi) is 6.12. The lowest BCUT2D eigenvalue weighted by Crippen LogP contribution is -2.40. The summed E-state index contributed by atoms with van der Waals surface area (Å²) < 4.78 is 1.77. The van der Waals surface area contributed by atoms with E-state index in [9.17, 15) is 5.11 Å². The van der Waals surface area contributed by atoms with Crippen molar-refractivity contribution in [3.8, 4) is 0 Å². The number of aryl methyl sites for hydroxylation is 3. The monoisotopic (exact) mass is 408 g/mol. The molecule has 0 unspecified atom stereocenters. The lowest BCUT2D eigenvalue weighted by Gasteiger charge is -2.18. The molecule has 142 valence electrons. The second kappa shape index (κ2) is 8.55. The number of benzene rings is 2. The highest BCUT2D eigenvalue weighted by Crippen LogP contribution is 2.23. The van der Waals surface area contributed by atoms with Gasteiger partial charge in [0, 0.05) is 22.3 Å². The molecule has 3 nitrogen and oxygen atoms in total. The number of aromatic nitrogens is 1. The Balaban J connectivity index is 2.12. The third-order valence-corrected chi connectivity index (χ3v) is 5.01. The molecule has 0 saturated carbocycles. The molecule has 0 aliphatic rings. The van der Waals surface area contributed by atoms with Gasteiger partial charge >= 0.3 is 0 Å². The predicted molar refractivity (Wildman–Crippen MR) is 118 cm³/mol. The van der Waals surface area contributed by atoms with Gasteiger partial charge in [-0.05, 0) is 61.4 Å². The van der Waals surface area contributed by atoms with Gasteiger partial charge in [-0.3, -0.25) is 0 Å². The molecule has 5 heteroatoms. The summed E-state index contributed by atoms with van der Waals surface area (Å²) in [7, 11) is 0. The summed E-state index contributed by atoms with van der Waals surface area (Å²) in [5.41, 5.74) is 4.99. The highest BCUT2D eigenvalue weighted by atomic mass is 35.5. The van der Waals surface area contributed by atoms with Crippen LogP contribution < -0.4 is 15.0 Å². The third-order valence-electron chi connectivity index (χ3n) is 4.46. The molecular formula is C23H21ClN2OS. The quantitative estimate of drug-likeness (QED) is 0.295. The standard InChI is InChI=1S/C23H21ClN2OS/c1-15-6-5-13-26(14-15)21(22(27)18-9-11-19(24)12-10-18)23(28)25-20-16(2)7-4-8-17(20)3/h4-14H,1-3H3,(H-,25,27,28). The average molecular weight is 409 g/mol. The normalized spacial score (nSPS) is 11.7. The van der Waals surface area contributed by atoms with Crippen LogP contribution in [0.4, 0.5) is 5.69 Å². The highest BCUT2D eigenvalue weighted by molar-refractivity contribution is 7.81. The molecule has 0 aliphatic heterocycles. The first-order valence-electron chi connectivity index (χ1n) is 8.90. The zero-order valence-corrected chi connectivity index (χ0v) is 17.6. The maximum Gasteiger partial charge on any atom is 0.238 e. The number of para-hydroxylation sites is 1. The molecule has 1 heterocycles. The van der Waals surface area contributed by atoms with Crippen LogP contribution in [0.15, 0.2) is 67.0 Å². The SMILES string of the molecule is Cc1ccc[n+](C(C(=S)Nc2c(C)cccc2C)=C([O-])c2ccc(Cl)cc2)c1. The maximum absolute atomic E-state index is 13.3. The molecule has 28 heavy (non-hydrogen) atoms. The van der Waals surface area contributed by atoms with Crippen molar-refractivity contribution in [2.75, 3.05) is 5.32 Å². The minimum Gasteiger partial charge on any atom is -0.867 e. The number of anilines is 1. The van der Waals surface area contributed by atoms with E-state index in [1.54, 1.807) is 28.8 Å². The van der Waals surface area contributed by atoms with Gasteiger partial charge in [0.2, 0.25) is 5.70 Å². The van der Waals surface area contributed by atoms with Crippen LogP contribution in [0.3, 0.4) is 0 Å². The Morgan fingerprint density at radius 2 is 1.61 bits per heavy atom. The molecule has 0 amide bonds. The summed E-state index contributed by atoms with van der Waals surface area (Å²) in [4.78, 5) is 0.368. The lowest BCUT2D eigenvalue weighted by molar-refractivity contribution is -0.578. The molecule has 1 N–H and O–H groups in total. The summed E-state index contributed by atoms with van der Waals surface area (Å²) in [6.07, 6.45) is 3.72. The van der Waals surface area contributed by atoms with Gasteiger partial charge in [0.15, 0.2) is 17.4 Å². The van der Waals surface area contributed by atoms with Crippen molar-refractivity contribution in [2.45, 2.75) is 20.8 Å². The largest absolute Gasteiger partial charge is 0.867 e. The van der Waals surface area contributed by atoms with E-state index in [1.807, 2.05) is 63.5 Å². The molecule has 0 spiro atoms. The minimum atomic E-state index is -0.170. The van der Waals surface area contributed by atoms with Crippen molar-refractivity contribution in [3.05, 3.63) is 94.3 Å². The number of hydrogen-bond acceptors (Lipinski definition) is 2. The molecule has 0 aliphatic carbocycles. The zero-order chi connectivity index (χ0) is 20.3. The molecule has 1 aromatic heterocycles. The number of hydrogen-bond donors (Lipinski definition) is 1.